The number of aromatic nitrogens is 1. The molecular formula is C18H23N3O2. The second-order valence-corrected chi connectivity index (χ2v) is 6.45. The van der Waals surface area contributed by atoms with Gasteiger partial charge in [0, 0.05) is 25.2 Å². The van der Waals surface area contributed by atoms with Gasteiger partial charge in [0.25, 0.3) is 0 Å². The lowest BCUT2D eigenvalue weighted by atomic mass is 10.3. The van der Waals surface area contributed by atoms with Gasteiger partial charge >= 0.3 is 0 Å². The average Bonchev–Trinajstić information content (AvgIpc) is 3.15. The molecule has 0 amide bonds. The topological polar surface area (TPSA) is 50.5 Å². The zero-order valence-corrected chi connectivity index (χ0v) is 13.5. The van der Waals surface area contributed by atoms with Gasteiger partial charge in [-0.1, -0.05) is 6.92 Å². The molecule has 2 atom stereocenters. The Morgan fingerprint density at radius 3 is 2.87 bits per heavy atom. The van der Waals surface area contributed by atoms with Crippen molar-refractivity contribution in [2.75, 3.05) is 36.5 Å². The summed E-state index contributed by atoms with van der Waals surface area (Å²) in [5, 5.41) is 3.47. The summed E-state index contributed by atoms with van der Waals surface area (Å²) in [7, 11) is 0. The minimum absolute atomic E-state index is 0.631. The summed E-state index contributed by atoms with van der Waals surface area (Å²) in [6, 6.07) is 8.24. The summed E-state index contributed by atoms with van der Waals surface area (Å²) in [5.41, 5.74) is 1.05. The van der Waals surface area contributed by atoms with Gasteiger partial charge in [-0.05, 0) is 36.6 Å². The van der Waals surface area contributed by atoms with Gasteiger partial charge in [0.2, 0.25) is 0 Å². The summed E-state index contributed by atoms with van der Waals surface area (Å²) in [5.74, 6) is 4.52. The number of furan rings is 1. The predicted molar refractivity (Wildman–Crippen MR) is 89.8 cm³/mol. The molecule has 0 spiro atoms. The molecule has 1 aliphatic carbocycles. The monoisotopic (exact) mass is 313 g/mol. The van der Waals surface area contributed by atoms with E-state index in [1.807, 2.05) is 12.3 Å². The first-order valence-corrected chi connectivity index (χ1v) is 8.41. The number of ether oxygens (including phenoxy) is 1. The minimum atomic E-state index is 0.631. The third kappa shape index (κ3) is 3.20. The van der Waals surface area contributed by atoms with Gasteiger partial charge in [-0.3, -0.25) is 0 Å². The predicted octanol–water partition coefficient (Wildman–Crippen LogP) is 3.25. The molecule has 0 unspecified atom stereocenters. The Balaban J connectivity index is 1.43. The van der Waals surface area contributed by atoms with Gasteiger partial charge < -0.3 is 19.4 Å². The van der Waals surface area contributed by atoms with Crippen LogP contribution < -0.4 is 10.2 Å². The number of anilines is 2. The van der Waals surface area contributed by atoms with Crippen LogP contribution in [-0.4, -0.2) is 31.3 Å². The molecule has 0 radical (unpaired) electrons. The van der Waals surface area contributed by atoms with Crippen LogP contribution in [0.5, 0.6) is 0 Å². The molecule has 2 aliphatic rings. The molecule has 23 heavy (non-hydrogen) atoms. The van der Waals surface area contributed by atoms with Crippen LogP contribution in [0.3, 0.4) is 0 Å². The number of hydrogen-bond donors (Lipinski definition) is 1. The molecule has 4 rings (SSSR count). The van der Waals surface area contributed by atoms with E-state index in [4.69, 9.17) is 9.15 Å². The Labute approximate surface area is 136 Å². The quantitative estimate of drug-likeness (QED) is 0.918. The van der Waals surface area contributed by atoms with Crippen molar-refractivity contribution in [3.05, 3.63) is 42.0 Å². The zero-order chi connectivity index (χ0) is 15.6. The third-order valence-corrected chi connectivity index (χ3v) is 4.71. The summed E-state index contributed by atoms with van der Waals surface area (Å²) in [6.07, 6.45) is 3.10. The first-order chi connectivity index (χ1) is 11.3. The van der Waals surface area contributed by atoms with Crippen molar-refractivity contribution in [1.82, 2.24) is 4.98 Å². The van der Waals surface area contributed by atoms with Crippen molar-refractivity contribution in [1.29, 1.82) is 0 Å². The number of pyridine rings is 1. The fraction of sp³-hybridized carbons (Fsp3) is 0.500. The van der Waals surface area contributed by atoms with Crippen LogP contribution in [0.2, 0.25) is 0 Å². The summed E-state index contributed by atoms with van der Waals surface area (Å²) < 4.78 is 11.4. The third-order valence-electron chi connectivity index (χ3n) is 4.71. The van der Waals surface area contributed by atoms with Gasteiger partial charge in [-0.25, -0.2) is 4.98 Å². The maximum Gasteiger partial charge on any atom is 0.152 e. The fourth-order valence-electron chi connectivity index (χ4n) is 3.15. The van der Waals surface area contributed by atoms with Crippen LogP contribution in [0.25, 0.3) is 0 Å². The van der Waals surface area contributed by atoms with E-state index in [1.165, 1.54) is 6.42 Å². The Kier molecular flexibility index (Phi) is 3.95. The van der Waals surface area contributed by atoms with Crippen molar-refractivity contribution in [3.8, 4) is 0 Å². The maximum atomic E-state index is 5.97. The lowest BCUT2D eigenvalue weighted by Gasteiger charge is -2.29. The van der Waals surface area contributed by atoms with E-state index in [0.717, 1.165) is 55.2 Å². The lowest BCUT2D eigenvalue weighted by molar-refractivity contribution is 0.122. The number of nitrogens with zero attached hydrogens (tertiary/aromatic N) is 2. The number of hydrogen-bond acceptors (Lipinski definition) is 5. The molecule has 0 bridgehead atoms. The average molecular weight is 313 g/mol. The smallest absolute Gasteiger partial charge is 0.152 e. The molecule has 1 N–H and O–H groups in total. The van der Waals surface area contributed by atoms with Crippen molar-refractivity contribution >= 4 is 11.5 Å². The van der Waals surface area contributed by atoms with E-state index in [1.54, 1.807) is 0 Å². The molecular weight excluding hydrogens is 290 g/mol. The molecule has 2 aromatic rings. The minimum Gasteiger partial charge on any atom is -0.464 e. The van der Waals surface area contributed by atoms with E-state index < -0.39 is 0 Å². The van der Waals surface area contributed by atoms with E-state index in [9.17, 15) is 0 Å². The summed E-state index contributed by atoms with van der Waals surface area (Å²) >= 11 is 0. The van der Waals surface area contributed by atoms with E-state index in [0.29, 0.717) is 12.5 Å². The van der Waals surface area contributed by atoms with Gasteiger partial charge in [0.15, 0.2) is 5.82 Å². The van der Waals surface area contributed by atoms with Gasteiger partial charge in [0.1, 0.15) is 11.5 Å². The van der Waals surface area contributed by atoms with Gasteiger partial charge in [-0.15, -0.1) is 0 Å². The Morgan fingerprint density at radius 2 is 2.09 bits per heavy atom. The zero-order valence-electron chi connectivity index (χ0n) is 13.5. The fourth-order valence-corrected chi connectivity index (χ4v) is 3.15. The number of morpholine rings is 1. The van der Waals surface area contributed by atoms with Crippen LogP contribution in [0.1, 0.15) is 30.8 Å². The second kappa shape index (κ2) is 6.24. The molecule has 122 valence electrons. The SMILES string of the molecule is C[C@@H]1C[C@H]1c1ccc(CNc2cccnc2N2CCOCC2)o1. The highest BCUT2D eigenvalue weighted by Gasteiger charge is 2.36. The molecule has 2 aromatic heterocycles. The summed E-state index contributed by atoms with van der Waals surface area (Å²) in [4.78, 5) is 6.81. The number of rotatable bonds is 5. The second-order valence-electron chi connectivity index (χ2n) is 6.45. The van der Waals surface area contributed by atoms with Crippen LogP contribution >= 0.6 is 0 Å². The molecule has 3 heterocycles. The Morgan fingerprint density at radius 1 is 1.26 bits per heavy atom. The molecule has 1 aliphatic heterocycles. The normalized spacial score (nSPS) is 23.8. The molecule has 5 heteroatoms. The molecule has 0 aromatic carbocycles. The highest BCUT2D eigenvalue weighted by Crippen LogP contribution is 2.47. The maximum absolute atomic E-state index is 5.97. The Bertz CT molecular complexity index is 664. The molecule has 2 fully saturated rings. The number of nitrogens with one attached hydrogen (secondary N) is 1. The molecule has 5 nitrogen and oxygen atoms in total. The first kappa shape index (κ1) is 14.6. The van der Waals surface area contributed by atoms with Crippen molar-refractivity contribution in [2.45, 2.75) is 25.8 Å². The van der Waals surface area contributed by atoms with Crippen LogP contribution in [-0.2, 0) is 11.3 Å². The van der Waals surface area contributed by atoms with Crippen LogP contribution in [0.15, 0.2) is 34.9 Å². The van der Waals surface area contributed by atoms with Gasteiger partial charge in [0.05, 0.1) is 25.4 Å². The van der Waals surface area contributed by atoms with Crippen LogP contribution in [0, 0.1) is 5.92 Å². The van der Waals surface area contributed by atoms with Crippen molar-refractivity contribution < 1.29 is 9.15 Å². The molecule has 1 saturated carbocycles. The summed E-state index contributed by atoms with van der Waals surface area (Å²) in [6.45, 7) is 6.25. The molecule has 1 saturated heterocycles. The standard InChI is InChI=1S/C18H23N3O2/c1-13-11-15(13)17-5-4-14(23-17)12-20-16-3-2-6-19-18(16)21-7-9-22-10-8-21/h2-6,13,15,20H,7-12H2,1H3/t13-,15-/m1/s1. The van der Waals surface area contributed by atoms with Crippen molar-refractivity contribution in [3.63, 3.8) is 0 Å². The van der Waals surface area contributed by atoms with E-state index in [2.05, 4.69) is 40.3 Å². The van der Waals surface area contributed by atoms with Crippen LogP contribution in [0.4, 0.5) is 11.5 Å². The van der Waals surface area contributed by atoms with Crippen molar-refractivity contribution in [2.24, 2.45) is 5.92 Å². The van der Waals surface area contributed by atoms with E-state index >= 15 is 0 Å². The lowest BCUT2D eigenvalue weighted by Crippen LogP contribution is -2.37. The first-order valence-electron chi connectivity index (χ1n) is 8.41. The van der Waals surface area contributed by atoms with E-state index in [-0.39, 0.29) is 0 Å². The van der Waals surface area contributed by atoms with Gasteiger partial charge in [-0.2, -0.15) is 0 Å². The highest BCUT2D eigenvalue weighted by atomic mass is 16.5. The Hall–Kier alpha value is -2.01. The highest BCUT2D eigenvalue weighted by molar-refractivity contribution is 5.65. The largest absolute Gasteiger partial charge is 0.464 e.